The first kappa shape index (κ1) is 10.6. The van der Waals surface area contributed by atoms with Crippen LogP contribution >= 0.6 is 0 Å². The lowest BCUT2D eigenvalue weighted by Gasteiger charge is -2.17. The van der Waals surface area contributed by atoms with Crippen molar-refractivity contribution in [2.75, 3.05) is 0 Å². The van der Waals surface area contributed by atoms with E-state index in [1.807, 2.05) is 0 Å². The highest BCUT2D eigenvalue weighted by Gasteiger charge is 2.52. The van der Waals surface area contributed by atoms with E-state index < -0.39 is 0 Å². The summed E-state index contributed by atoms with van der Waals surface area (Å²) in [5, 5.41) is 0. The molecule has 0 radical (unpaired) electrons. The van der Waals surface area contributed by atoms with Crippen molar-refractivity contribution in [3.63, 3.8) is 0 Å². The Labute approximate surface area is 113 Å². The Kier molecular flexibility index (Phi) is 2.13. The maximum atomic E-state index is 2.25. The number of rotatable bonds is 2. The molecule has 4 rings (SSSR count). The molecule has 90 valence electrons. The fraction of sp³-hybridized carbons (Fsp3) is 0.0526. The zero-order valence-corrected chi connectivity index (χ0v) is 10.6. The first-order chi connectivity index (χ1) is 9.44. The van der Waals surface area contributed by atoms with Crippen molar-refractivity contribution >= 4 is 0 Å². The molecule has 0 spiro atoms. The minimum atomic E-state index is -0.00792. The van der Waals surface area contributed by atoms with Gasteiger partial charge in [0.25, 0.3) is 0 Å². The summed E-state index contributed by atoms with van der Waals surface area (Å²) in [4.78, 5) is 0. The second-order valence-electron chi connectivity index (χ2n) is 5.03. The lowest BCUT2D eigenvalue weighted by Crippen LogP contribution is -2.12. The fourth-order valence-corrected chi connectivity index (χ4v) is 3.22. The standard InChI is InChI=1S/C19H14/c1-3-9-15(10-4-1)19(16-11-5-2-6-12-16)17-13-7-8-14-18(17)19/h1-14H. The Morgan fingerprint density at radius 2 is 0.789 bits per heavy atom. The van der Waals surface area contributed by atoms with Crippen LogP contribution in [0.3, 0.4) is 0 Å². The molecule has 0 fully saturated rings. The van der Waals surface area contributed by atoms with E-state index in [4.69, 9.17) is 0 Å². The van der Waals surface area contributed by atoms with Crippen LogP contribution in [0.2, 0.25) is 0 Å². The minimum absolute atomic E-state index is 0.00792. The van der Waals surface area contributed by atoms with Crippen LogP contribution < -0.4 is 0 Å². The zero-order valence-electron chi connectivity index (χ0n) is 10.6. The van der Waals surface area contributed by atoms with Crippen LogP contribution in [-0.4, -0.2) is 0 Å². The van der Waals surface area contributed by atoms with Crippen LogP contribution in [0.15, 0.2) is 84.9 Å². The molecule has 0 heteroatoms. The Hall–Kier alpha value is -2.34. The first-order valence-electron chi connectivity index (χ1n) is 6.65. The summed E-state index contributed by atoms with van der Waals surface area (Å²) >= 11 is 0. The van der Waals surface area contributed by atoms with E-state index in [9.17, 15) is 0 Å². The van der Waals surface area contributed by atoms with Gasteiger partial charge in [-0.05, 0) is 22.3 Å². The third kappa shape index (κ3) is 1.34. The van der Waals surface area contributed by atoms with E-state index in [0.29, 0.717) is 0 Å². The van der Waals surface area contributed by atoms with E-state index in [2.05, 4.69) is 84.9 Å². The molecule has 19 heavy (non-hydrogen) atoms. The van der Waals surface area contributed by atoms with Crippen molar-refractivity contribution < 1.29 is 0 Å². The van der Waals surface area contributed by atoms with Gasteiger partial charge in [-0.15, -0.1) is 0 Å². The van der Waals surface area contributed by atoms with Crippen LogP contribution in [0.1, 0.15) is 22.3 Å². The monoisotopic (exact) mass is 242 g/mol. The Morgan fingerprint density at radius 1 is 0.421 bits per heavy atom. The van der Waals surface area contributed by atoms with Gasteiger partial charge >= 0.3 is 0 Å². The summed E-state index contributed by atoms with van der Waals surface area (Å²) in [6.45, 7) is 0. The average molecular weight is 242 g/mol. The van der Waals surface area contributed by atoms with Crippen molar-refractivity contribution in [1.29, 1.82) is 0 Å². The highest BCUT2D eigenvalue weighted by Crippen LogP contribution is 2.58. The highest BCUT2D eigenvalue weighted by atomic mass is 14.5. The fourth-order valence-electron chi connectivity index (χ4n) is 3.22. The largest absolute Gasteiger partial charge is 0.0708 e. The van der Waals surface area contributed by atoms with Gasteiger partial charge in [-0.3, -0.25) is 0 Å². The summed E-state index contributed by atoms with van der Waals surface area (Å²) in [6, 6.07) is 30.3. The maximum absolute atomic E-state index is 2.25. The molecule has 0 amide bonds. The van der Waals surface area contributed by atoms with E-state index >= 15 is 0 Å². The Balaban J connectivity index is 1.98. The van der Waals surface area contributed by atoms with Crippen LogP contribution in [0.5, 0.6) is 0 Å². The molecule has 0 heterocycles. The molecule has 0 unspecified atom stereocenters. The molecule has 0 nitrogen and oxygen atoms in total. The molecule has 0 saturated carbocycles. The van der Waals surface area contributed by atoms with Gasteiger partial charge in [-0.1, -0.05) is 84.9 Å². The Bertz CT molecular complexity index is 647. The molecule has 0 atom stereocenters. The van der Waals surface area contributed by atoms with Crippen LogP contribution in [0, 0.1) is 0 Å². The third-order valence-corrected chi connectivity index (χ3v) is 4.09. The van der Waals surface area contributed by atoms with Crippen LogP contribution in [0.25, 0.3) is 0 Å². The van der Waals surface area contributed by atoms with Crippen molar-refractivity contribution in [2.45, 2.75) is 5.41 Å². The van der Waals surface area contributed by atoms with E-state index in [-0.39, 0.29) is 5.41 Å². The summed E-state index contributed by atoms with van der Waals surface area (Å²) in [6.07, 6.45) is 0. The normalized spacial score (nSPS) is 14.7. The summed E-state index contributed by atoms with van der Waals surface area (Å²) in [7, 11) is 0. The van der Waals surface area contributed by atoms with Crippen molar-refractivity contribution in [1.82, 2.24) is 0 Å². The van der Waals surface area contributed by atoms with Gasteiger partial charge in [0, 0.05) is 0 Å². The van der Waals surface area contributed by atoms with Crippen molar-refractivity contribution in [3.8, 4) is 0 Å². The molecule has 3 aromatic rings. The van der Waals surface area contributed by atoms with Gasteiger partial charge in [0.05, 0.1) is 5.41 Å². The predicted octanol–water partition coefficient (Wildman–Crippen LogP) is 4.38. The van der Waals surface area contributed by atoms with E-state index in [0.717, 1.165) is 0 Å². The lowest BCUT2D eigenvalue weighted by atomic mass is 9.84. The van der Waals surface area contributed by atoms with Gasteiger partial charge in [-0.25, -0.2) is 0 Å². The van der Waals surface area contributed by atoms with E-state index in [1.165, 1.54) is 22.3 Å². The summed E-state index contributed by atoms with van der Waals surface area (Å²) in [5.74, 6) is 0. The van der Waals surface area contributed by atoms with Crippen molar-refractivity contribution in [2.24, 2.45) is 0 Å². The van der Waals surface area contributed by atoms with Gasteiger partial charge < -0.3 is 0 Å². The van der Waals surface area contributed by atoms with Gasteiger partial charge in [-0.2, -0.15) is 0 Å². The smallest absolute Gasteiger partial charge is 0.0622 e. The zero-order chi connectivity index (χ0) is 12.7. The maximum Gasteiger partial charge on any atom is 0.0708 e. The molecule has 1 aliphatic carbocycles. The van der Waals surface area contributed by atoms with Crippen LogP contribution in [-0.2, 0) is 5.41 Å². The van der Waals surface area contributed by atoms with Gasteiger partial charge in [0.1, 0.15) is 0 Å². The Morgan fingerprint density at radius 3 is 1.21 bits per heavy atom. The molecule has 1 aliphatic rings. The summed E-state index contributed by atoms with van der Waals surface area (Å²) in [5.41, 5.74) is 5.59. The topological polar surface area (TPSA) is 0 Å². The van der Waals surface area contributed by atoms with Crippen molar-refractivity contribution in [3.05, 3.63) is 107 Å². The molecule has 0 bridgehead atoms. The molecule has 0 aliphatic heterocycles. The number of fused-ring (bicyclic) bond motifs is 1. The van der Waals surface area contributed by atoms with Crippen LogP contribution in [0.4, 0.5) is 0 Å². The SMILES string of the molecule is c1ccc(C2(c3ccccc3)c3ccccc32)cc1. The number of hydrogen-bond acceptors (Lipinski definition) is 0. The highest BCUT2D eigenvalue weighted by molar-refractivity contribution is 5.74. The number of hydrogen-bond donors (Lipinski definition) is 0. The third-order valence-electron chi connectivity index (χ3n) is 4.09. The average Bonchev–Trinajstić information content (AvgIpc) is 3.19. The number of benzene rings is 3. The molecule has 3 aromatic carbocycles. The van der Waals surface area contributed by atoms with Gasteiger partial charge in [0.2, 0.25) is 0 Å². The molecular weight excluding hydrogens is 228 g/mol. The second-order valence-corrected chi connectivity index (χ2v) is 5.03. The first-order valence-corrected chi connectivity index (χ1v) is 6.65. The van der Waals surface area contributed by atoms with Gasteiger partial charge in [0.15, 0.2) is 0 Å². The molecule has 0 N–H and O–H groups in total. The summed E-state index contributed by atoms with van der Waals surface area (Å²) < 4.78 is 0. The predicted molar refractivity (Wildman–Crippen MR) is 78.3 cm³/mol. The quantitative estimate of drug-likeness (QED) is 0.489. The lowest BCUT2D eigenvalue weighted by molar-refractivity contribution is 0.913. The van der Waals surface area contributed by atoms with E-state index in [1.54, 1.807) is 0 Å². The molecular formula is C19H14. The molecule has 0 saturated heterocycles. The minimum Gasteiger partial charge on any atom is -0.0622 e. The second kappa shape index (κ2) is 3.83. The molecule has 0 aromatic heterocycles.